The van der Waals surface area contributed by atoms with Gasteiger partial charge in [0.1, 0.15) is 0 Å². The molecule has 3 aromatic carbocycles. The number of rotatable bonds is 4. The molecule has 6 rings (SSSR count). The summed E-state index contributed by atoms with van der Waals surface area (Å²) in [4.78, 5) is 8.79. The van der Waals surface area contributed by atoms with Crippen LogP contribution in [-0.4, -0.2) is 18.0 Å². The molecule has 0 amide bonds. The Morgan fingerprint density at radius 3 is 2.40 bits per heavy atom. The number of hydrogen-bond acceptors (Lipinski definition) is 3. The summed E-state index contributed by atoms with van der Waals surface area (Å²) in [6.45, 7) is 9.64. The fourth-order valence-corrected chi connectivity index (χ4v) is 7.60. The van der Waals surface area contributed by atoms with Gasteiger partial charge in [0.25, 0.3) is 0 Å². The summed E-state index contributed by atoms with van der Waals surface area (Å²) in [7, 11) is -1.42. The third-order valence-electron chi connectivity index (χ3n) is 6.72. The van der Waals surface area contributed by atoms with Crippen molar-refractivity contribution >= 4 is 44.8 Å². The zero-order chi connectivity index (χ0) is 30.1. The molecule has 0 bridgehead atoms. The molecule has 40 heavy (non-hydrogen) atoms. The largest absolute Gasteiger partial charge is 0.305 e. The number of fused-ring (bicyclic) bond motifs is 3. The molecule has 3 aromatic heterocycles. The first kappa shape index (κ1) is 26.0. The van der Waals surface area contributed by atoms with Crippen LogP contribution in [0.25, 0.3) is 42.7 Å². The maximum absolute atomic E-state index is 7.23. The van der Waals surface area contributed by atoms with Crippen molar-refractivity contribution < 1.29 is 24.2 Å². The Labute approximate surface area is 261 Å². The zero-order valence-corrected chi connectivity index (χ0v) is 27.6. The summed E-state index contributed by atoms with van der Waals surface area (Å²) < 4.78 is 24.4. The minimum absolute atomic E-state index is 0. The first-order chi connectivity index (χ1) is 19.9. The molecule has 0 unspecified atom stereocenters. The Kier molecular flexibility index (Phi) is 8.25. The number of aryl methyl sites for hydroxylation is 1. The molecule has 0 saturated heterocycles. The van der Waals surface area contributed by atoms with E-state index in [9.17, 15) is 0 Å². The van der Waals surface area contributed by atoms with E-state index in [4.69, 9.17) is 4.11 Å². The van der Waals surface area contributed by atoms with Crippen LogP contribution in [0.15, 0.2) is 91.3 Å². The molecule has 1 radical (unpaired) electrons. The van der Waals surface area contributed by atoms with Crippen LogP contribution in [0.1, 0.15) is 35.0 Å². The predicted molar refractivity (Wildman–Crippen MR) is 172 cm³/mol. The maximum Gasteiger partial charge on any atom is 0.0783 e. The summed E-state index contributed by atoms with van der Waals surface area (Å²) in [5.41, 5.74) is 5.33. The second kappa shape index (κ2) is 12.7. The van der Waals surface area contributed by atoms with Gasteiger partial charge in [-0.1, -0.05) is 80.0 Å². The van der Waals surface area contributed by atoms with Crippen LogP contribution in [0, 0.1) is 19.0 Å². The quantitative estimate of drug-likeness (QED) is 0.133. The average Bonchev–Trinajstić information content (AvgIpc) is 3.36. The van der Waals surface area contributed by atoms with E-state index in [0.29, 0.717) is 5.92 Å². The van der Waals surface area contributed by atoms with E-state index in [0.717, 1.165) is 22.5 Å². The van der Waals surface area contributed by atoms with Crippen molar-refractivity contribution in [2.24, 2.45) is 0 Å². The smallest absolute Gasteiger partial charge is 0.0783 e. The first-order valence-corrected chi connectivity index (χ1v) is 17.5. The van der Waals surface area contributed by atoms with E-state index in [1.165, 1.54) is 31.9 Å². The third kappa shape index (κ3) is 6.50. The summed E-state index contributed by atoms with van der Waals surface area (Å²) in [5.74, 6) is 0.497. The zero-order valence-electron chi connectivity index (χ0n) is 26.4. The predicted octanol–water partition coefficient (Wildman–Crippen LogP) is 9.44. The minimum atomic E-state index is -2.09. The van der Waals surface area contributed by atoms with Crippen LogP contribution >= 0.6 is 11.3 Å². The molecule has 0 N–H and O–H groups in total. The van der Waals surface area contributed by atoms with E-state index >= 15 is 0 Å². The maximum atomic E-state index is 7.23. The number of benzene rings is 3. The van der Waals surface area contributed by atoms with Crippen molar-refractivity contribution in [3.63, 3.8) is 0 Å². The molecule has 0 spiro atoms. The second-order valence-electron chi connectivity index (χ2n) is 11.0. The number of thiophene rings is 1. The van der Waals surface area contributed by atoms with Crippen LogP contribution in [0.5, 0.6) is 0 Å². The van der Waals surface area contributed by atoms with Gasteiger partial charge in [-0.25, -0.2) is 0 Å². The van der Waals surface area contributed by atoms with E-state index in [-0.39, 0.29) is 25.7 Å². The van der Waals surface area contributed by atoms with Crippen LogP contribution in [0.2, 0.25) is 19.6 Å². The van der Waals surface area contributed by atoms with Gasteiger partial charge < -0.3 is 9.97 Å². The second-order valence-corrected chi connectivity index (χ2v) is 17.1. The molecular formula is C35H34IrN2SSi-2. The molecule has 2 nitrogen and oxygen atoms in total. The molecular weight excluding hydrogens is 701 g/mol. The third-order valence-corrected chi connectivity index (χ3v) is 9.94. The fraction of sp³-hybridized carbons (Fsp3) is 0.200. The Balaban J connectivity index is 0.000000215. The van der Waals surface area contributed by atoms with Crippen molar-refractivity contribution in [2.75, 3.05) is 0 Å². The van der Waals surface area contributed by atoms with Gasteiger partial charge in [-0.3, -0.25) is 0 Å². The summed E-state index contributed by atoms with van der Waals surface area (Å²) in [6, 6.07) is 32.7. The average molecular weight is 738 g/mol. The van der Waals surface area contributed by atoms with Gasteiger partial charge in [-0.2, -0.15) is 11.3 Å². The van der Waals surface area contributed by atoms with Crippen molar-refractivity contribution in [1.82, 2.24) is 9.97 Å². The molecule has 0 aliphatic carbocycles. The van der Waals surface area contributed by atoms with E-state index < -0.39 is 14.9 Å². The van der Waals surface area contributed by atoms with Crippen molar-refractivity contribution in [2.45, 2.75) is 46.3 Å². The molecule has 0 saturated carbocycles. The molecule has 0 aliphatic rings. The van der Waals surface area contributed by atoms with Gasteiger partial charge in [0.2, 0.25) is 0 Å². The van der Waals surface area contributed by atoms with Gasteiger partial charge in [0, 0.05) is 41.3 Å². The first-order valence-electron chi connectivity index (χ1n) is 14.7. The van der Waals surface area contributed by atoms with Gasteiger partial charge in [0.15, 0.2) is 0 Å². The van der Waals surface area contributed by atoms with Crippen LogP contribution in [0.4, 0.5) is 0 Å². The Hall–Kier alpha value is -2.95. The van der Waals surface area contributed by atoms with E-state index in [1.54, 1.807) is 23.4 Å². The van der Waals surface area contributed by atoms with Gasteiger partial charge >= 0.3 is 0 Å². The molecule has 5 heteroatoms. The van der Waals surface area contributed by atoms with Crippen molar-refractivity contribution in [3.05, 3.63) is 115 Å². The molecule has 0 fully saturated rings. The monoisotopic (exact) mass is 738 g/mol. The van der Waals surface area contributed by atoms with Crippen LogP contribution in [-0.2, 0) is 20.1 Å². The number of hydrogen-bond donors (Lipinski definition) is 0. The summed E-state index contributed by atoms with van der Waals surface area (Å²) >= 11 is 1.88. The molecule has 205 valence electrons. The standard InChI is InChI=1S/C23H24NSSi.C12H10N.Ir/c1-15(2)16-12-13-24-19(14-16)17-8-6-9-18-22-20(25-23(17)18)10-7-11-21(22)26(3,4)5;1-10-7-8-12(13-9-10)11-5-3-2-4-6-11;/h6-7,9-15H,1-5H3;2-5,7-9H,1H3;/q2*-1;/i;1D3;. The molecule has 0 aliphatic heterocycles. The van der Waals surface area contributed by atoms with Crippen LogP contribution in [0.3, 0.4) is 0 Å². The Morgan fingerprint density at radius 2 is 1.73 bits per heavy atom. The molecule has 0 atom stereocenters. The van der Waals surface area contributed by atoms with Gasteiger partial charge in [0.05, 0.1) is 8.07 Å². The SMILES string of the molecule is CC(C)c1ccnc(-c2[c-]ccc3c2sc2cccc([Si](C)(C)C)c23)c1.[2H]C([2H])([2H])c1ccc(-c2[c-]cccc2)nc1.[Ir]. The minimum Gasteiger partial charge on any atom is -0.305 e. The number of nitrogens with zero attached hydrogens (tertiary/aromatic N) is 2. The number of aromatic nitrogens is 2. The van der Waals surface area contributed by atoms with Crippen molar-refractivity contribution in [3.8, 4) is 22.5 Å². The topological polar surface area (TPSA) is 25.8 Å². The summed E-state index contributed by atoms with van der Waals surface area (Å²) in [5, 5.41) is 4.35. The van der Waals surface area contributed by atoms with E-state index in [1.807, 2.05) is 35.7 Å². The van der Waals surface area contributed by atoms with E-state index in [2.05, 4.69) is 98.1 Å². The molecule has 3 heterocycles. The van der Waals surface area contributed by atoms with Gasteiger partial charge in [-0.15, -0.1) is 59.7 Å². The Bertz CT molecular complexity index is 1830. The fourth-order valence-electron chi connectivity index (χ4n) is 4.65. The summed E-state index contributed by atoms with van der Waals surface area (Å²) in [6.07, 6.45) is 3.32. The number of pyridine rings is 2. The van der Waals surface area contributed by atoms with Crippen LogP contribution < -0.4 is 5.19 Å². The molecule has 6 aromatic rings. The Morgan fingerprint density at radius 1 is 0.875 bits per heavy atom. The van der Waals surface area contributed by atoms with Crippen molar-refractivity contribution in [1.29, 1.82) is 0 Å². The van der Waals surface area contributed by atoms with Gasteiger partial charge in [-0.05, 0) is 51.9 Å². The normalized spacial score (nSPS) is 12.7.